The minimum atomic E-state index is -3.94. The van der Waals surface area contributed by atoms with Crippen LogP contribution in [0.2, 0.25) is 10.0 Å². The Hall–Kier alpha value is -2.45. The molecule has 164 valence electrons. The van der Waals surface area contributed by atoms with E-state index in [0.29, 0.717) is 22.1 Å². The van der Waals surface area contributed by atoms with Crippen molar-refractivity contribution in [2.45, 2.75) is 17.9 Å². The van der Waals surface area contributed by atoms with Gasteiger partial charge in [-0.25, -0.2) is 8.42 Å². The molecule has 0 aliphatic rings. The van der Waals surface area contributed by atoms with Crippen LogP contribution < -0.4 is 14.2 Å². The van der Waals surface area contributed by atoms with Crippen molar-refractivity contribution in [1.29, 1.82) is 0 Å². The van der Waals surface area contributed by atoms with Crippen LogP contribution in [0.25, 0.3) is 0 Å². The summed E-state index contributed by atoms with van der Waals surface area (Å²) in [5, 5.41) is 11.7. The van der Waals surface area contributed by atoms with Crippen LogP contribution in [0, 0.1) is 6.92 Å². The van der Waals surface area contributed by atoms with E-state index in [0.717, 1.165) is 5.56 Å². The van der Waals surface area contributed by atoms with E-state index in [1.54, 1.807) is 24.3 Å². The fourth-order valence-corrected chi connectivity index (χ4v) is 4.61. The molecule has 2 N–H and O–H groups in total. The van der Waals surface area contributed by atoms with Gasteiger partial charge in [0.25, 0.3) is 10.0 Å². The largest absolute Gasteiger partial charge is 0.493 e. The van der Waals surface area contributed by atoms with Crippen LogP contribution in [-0.2, 0) is 10.0 Å². The molecule has 6 nitrogen and oxygen atoms in total. The van der Waals surface area contributed by atoms with E-state index in [1.807, 2.05) is 6.92 Å². The maximum absolute atomic E-state index is 13.0. The van der Waals surface area contributed by atoms with Crippen molar-refractivity contribution in [2.75, 3.05) is 18.9 Å². The average Bonchev–Trinajstić information content (AvgIpc) is 2.73. The zero-order chi connectivity index (χ0) is 22.8. The number of nitrogens with one attached hydrogen (secondary N) is 1. The molecular formula is C22H21Cl2NO5S. The highest BCUT2D eigenvalue weighted by molar-refractivity contribution is 7.92. The number of aliphatic hydroxyl groups is 1. The second-order valence-corrected chi connectivity index (χ2v) is 9.31. The molecule has 31 heavy (non-hydrogen) atoms. The molecule has 0 bridgehead atoms. The van der Waals surface area contributed by atoms with Crippen molar-refractivity contribution >= 4 is 38.9 Å². The second-order valence-electron chi connectivity index (χ2n) is 6.78. The number of aliphatic hydroxyl groups excluding tert-OH is 1. The third kappa shape index (κ3) is 5.07. The van der Waals surface area contributed by atoms with Gasteiger partial charge in [0.15, 0.2) is 11.5 Å². The van der Waals surface area contributed by atoms with Crippen molar-refractivity contribution in [1.82, 2.24) is 0 Å². The van der Waals surface area contributed by atoms with Gasteiger partial charge in [-0.3, -0.25) is 4.72 Å². The molecule has 0 saturated heterocycles. The Bertz CT molecular complexity index is 1200. The third-order valence-corrected chi connectivity index (χ3v) is 6.63. The molecule has 0 heterocycles. The van der Waals surface area contributed by atoms with Gasteiger partial charge in [0.1, 0.15) is 6.10 Å². The first-order valence-electron chi connectivity index (χ1n) is 9.14. The number of anilines is 1. The molecule has 0 saturated carbocycles. The van der Waals surface area contributed by atoms with Crippen LogP contribution in [0.4, 0.5) is 5.69 Å². The Kier molecular flexibility index (Phi) is 7.01. The Morgan fingerprint density at radius 3 is 2.10 bits per heavy atom. The van der Waals surface area contributed by atoms with E-state index in [2.05, 4.69) is 4.72 Å². The summed E-state index contributed by atoms with van der Waals surface area (Å²) in [7, 11) is -1.06. The van der Waals surface area contributed by atoms with Gasteiger partial charge in [0.2, 0.25) is 0 Å². The van der Waals surface area contributed by atoms with Gasteiger partial charge in [-0.15, -0.1) is 0 Å². The van der Waals surface area contributed by atoms with Gasteiger partial charge in [-0.2, -0.15) is 0 Å². The van der Waals surface area contributed by atoms with Crippen molar-refractivity contribution in [3.8, 4) is 11.5 Å². The summed E-state index contributed by atoms with van der Waals surface area (Å²) in [5.74, 6) is 0.613. The van der Waals surface area contributed by atoms with E-state index in [9.17, 15) is 13.5 Å². The number of rotatable bonds is 7. The van der Waals surface area contributed by atoms with Crippen molar-refractivity contribution in [3.63, 3.8) is 0 Å². The standard InChI is InChI=1S/C22H21Cl2NO5S/c1-13-4-7-15(8-5-13)31(27,28)25-19-12-21(30-3)20(29-2)11-17(19)22(26)16-9-6-14(23)10-18(16)24/h4-12,22,25-26H,1-3H3/t22-/m1/s1. The molecule has 0 spiro atoms. The van der Waals surface area contributed by atoms with Crippen molar-refractivity contribution in [2.24, 2.45) is 0 Å². The highest BCUT2D eigenvalue weighted by atomic mass is 35.5. The molecule has 3 aromatic rings. The summed E-state index contributed by atoms with van der Waals surface area (Å²) in [4.78, 5) is 0.0813. The summed E-state index contributed by atoms with van der Waals surface area (Å²) in [6, 6.07) is 14.0. The van der Waals surface area contributed by atoms with Gasteiger partial charge in [-0.1, -0.05) is 47.0 Å². The maximum Gasteiger partial charge on any atom is 0.261 e. The van der Waals surface area contributed by atoms with E-state index >= 15 is 0 Å². The summed E-state index contributed by atoms with van der Waals surface area (Å²) < 4.78 is 39.1. The van der Waals surface area contributed by atoms with Gasteiger partial charge in [-0.05, 0) is 37.3 Å². The first-order chi connectivity index (χ1) is 14.7. The zero-order valence-electron chi connectivity index (χ0n) is 17.0. The van der Waals surface area contributed by atoms with Crippen LogP contribution in [0.15, 0.2) is 59.5 Å². The number of sulfonamides is 1. The van der Waals surface area contributed by atoms with E-state index in [4.69, 9.17) is 32.7 Å². The number of methoxy groups -OCH3 is 2. The molecule has 0 fully saturated rings. The topological polar surface area (TPSA) is 84.9 Å². The highest BCUT2D eigenvalue weighted by Crippen LogP contribution is 2.40. The first kappa shape index (κ1) is 23.2. The lowest BCUT2D eigenvalue weighted by Crippen LogP contribution is -2.16. The molecule has 0 aliphatic heterocycles. The molecule has 0 aromatic heterocycles. The monoisotopic (exact) mass is 481 g/mol. The number of hydrogen-bond donors (Lipinski definition) is 2. The fraction of sp³-hybridized carbons (Fsp3) is 0.182. The molecule has 0 radical (unpaired) electrons. The number of hydrogen-bond acceptors (Lipinski definition) is 5. The molecule has 0 aliphatic carbocycles. The maximum atomic E-state index is 13.0. The lowest BCUT2D eigenvalue weighted by Gasteiger charge is -2.21. The second kappa shape index (κ2) is 9.36. The molecule has 0 unspecified atom stereocenters. The fourth-order valence-electron chi connectivity index (χ4n) is 3.02. The minimum absolute atomic E-state index is 0.0813. The molecule has 9 heteroatoms. The van der Waals surface area contributed by atoms with Crippen molar-refractivity contribution < 1.29 is 23.0 Å². The normalized spacial score (nSPS) is 12.3. The number of ether oxygens (including phenoxy) is 2. The number of aryl methyl sites for hydroxylation is 1. The smallest absolute Gasteiger partial charge is 0.261 e. The highest BCUT2D eigenvalue weighted by Gasteiger charge is 2.24. The first-order valence-corrected chi connectivity index (χ1v) is 11.4. The number of halogens is 2. The molecule has 1 atom stereocenters. The third-order valence-electron chi connectivity index (χ3n) is 4.68. The Morgan fingerprint density at radius 1 is 0.903 bits per heavy atom. The zero-order valence-corrected chi connectivity index (χ0v) is 19.3. The Balaban J connectivity index is 2.13. The number of benzene rings is 3. The summed E-state index contributed by atoms with van der Waals surface area (Å²) in [6.07, 6.45) is -1.26. The van der Waals surface area contributed by atoms with Crippen molar-refractivity contribution in [3.05, 3.63) is 81.3 Å². The summed E-state index contributed by atoms with van der Waals surface area (Å²) >= 11 is 12.2. The van der Waals surface area contributed by atoms with Crippen LogP contribution >= 0.6 is 23.2 Å². The van der Waals surface area contributed by atoms with Gasteiger partial charge in [0.05, 0.1) is 24.8 Å². The van der Waals surface area contributed by atoms with Crippen LogP contribution in [-0.4, -0.2) is 27.7 Å². The lowest BCUT2D eigenvalue weighted by molar-refractivity contribution is 0.220. The predicted octanol–water partition coefficient (Wildman–Crippen LogP) is 5.20. The average molecular weight is 482 g/mol. The molecule has 3 rings (SSSR count). The quantitative estimate of drug-likeness (QED) is 0.484. The van der Waals surface area contributed by atoms with E-state index in [1.165, 1.54) is 44.6 Å². The van der Waals surface area contributed by atoms with Gasteiger partial charge in [0, 0.05) is 27.2 Å². The Labute approximate surface area is 191 Å². The van der Waals surface area contributed by atoms with E-state index < -0.39 is 16.1 Å². The Morgan fingerprint density at radius 2 is 1.52 bits per heavy atom. The summed E-state index contributed by atoms with van der Waals surface area (Å²) in [5.41, 5.74) is 1.64. The molecular weight excluding hydrogens is 461 g/mol. The molecule has 3 aromatic carbocycles. The van der Waals surface area contributed by atoms with Gasteiger partial charge >= 0.3 is 0 Å². The summed E-state index contributed by atoms with van der Waals surface area (Å²) in [6.45, 7) is 1.86. The molecule has 0 amide bonds. The van der Waals surface area contributed by atoms with Gasteiger partial charge < -0.3 is 14.6 Å². The predicted molar refractivity (Wildman–Crippen MR) is 122 cm³/mol. The minimum Gasteiger partial charge on any atom is -0.493 e. The van der Waals surface area contributed by atoms with Crippen LogP contribution in [0.3, 0.4) is 0 Å². The van der Waals surface area contributed by atoms with Crippen LogP contribution in [0.5, 0.6) is 11.5 Å². The van der Waals surface area contributed by atoms with Crippen LogP contribution in [0.1, 0.15) is 22.8 Å². The van der Waals surface area contributed by atoms with E-state index in [-0.39, 0.29) is 21.2 Å². The SMILES string of the molecule is COc1cc(NS(=O)(=O)c2ccc(C)cc2)c([C@H](O)c2ccc(Cl)cc2Cl)cc1OC. The lowest BCUT2D eigenvalue weighted by atomic mass is 9.99.